The Morgan fingerprint density at radius 3 is 2.46 bits per heavy atom. The highest BCUT2D eigenvalue weighted by atomic mass is 16.2. The lowest BCUT2D eigenvalue weighted by Gasteiger charge is -2.37. The number of nitrogens with zero attached hydrogens (tertiary/aromatic N) is 5. The number of piperidine rings is 1. The molecular formula is C19H23N5O2. The van der Waals surface area contributed by atoms with Crippen molar-refractivity contribution >= 4 is 17.5 Å². The average Bonchev–Trinajstić information content (AvgIpc) is 3.20. The van der Waals surface area contributed by atoms with Crippen molar-refractivity contribution in [3.8, 4) is 0 Å². The zero-order chi connectivity index (χ0) is 18.3. The maximum atomic E-state index is 13.1. The fraction of sp³-hybridized carbons (Fsp3) is 0.474. The Morgan fingerprint density at radius 2 is 1.85 bits per heavy atom. The molecule has 0 saturated carbocycles. The van der Waals surface area contributed by atoms with Gasteiger partial charge in [-0.25, -0.2) is 0 Å². The molecule has 0 radical (unpaired) electrons. The van der Waals surface area contributed by atoms with Crippen LogP contribution < -0.4 is 4.90 Å². The van der Waals surface area contributed by atoms with Crippen molar-refractivity contribution < 1.29 is 9.59 Å². The fourth-order valence-electron chi connectivity index (χ4n) is 3.99. The van der Waals surface area contributed by atoms with Crippen molar-refractivity contribution in [3.05, 3.63) is 42.0 Å². The van der Waals surface area contributed by atoms with Crippen LogP contribution in [0.25, 0.3) is 0 Å². The molecule has 0 N–H and O–H groups in total. The fourth-order valence-corrected chi connectivity index (χ4v) is 3.99. The predicted molar refractivity (Wildman–Crippen MR) is 96.7 cm³/mol. The van der Waals surface area contributed by atoms with Crippen LogP contribution in [0.3, 0.4) is 0 Å². The summed E-state index contributed by atoms with van der Waals surface area (Å²) in [6, 6.07) is 3.67. The van der Waals surface area contributed by atoms with Gasteiger partial charge in [0.2, 0.25) is 5.91 Å². The van der Waals surface area contributed by atoms with Crippen molar-refractivity contribution in [2.75, 3.05) is 24.5 Å². The van der Waals surface area contributed by atoms with E-state index in [1.165, 1.54) is 0 Å². The van der Waals surface area contributed by atoms with Gasteiger partial charge in [0.1, 0.15) is 0 Å². The summed E-state index contributed by atoms with van der Waals surface area (Å²) in [6.45, 7) is 3.84. The molecule has 2 aromatic heterocycles. The van der Waals surface area contributed by atoms with Crippen LogP contribution >= 0.6 is 0 Å². The standard InChI is InChI=1S/C19H23N5O2/c1-14-3-4-15(11-20-14)17(25)23-8-5-19(6-9-23)7-10-24(18(19)26)16-12-21-22(2)13-16/h3-4,11-13H,5-10H2,1-2H3. The first-order chi connectivity index (χ1) is 12.5. The molecule has 0 unspecified atom stereocenters. The van der Waals surface area contributed by atoms with Crippen molar-refractivity contribution in [3.63, 3.8) is 0 Å². The summed E-state index contributed by atoms with van der Waals surface area (Å²) >= 11 is 0. The number of pyridine rings is 1. The number of rotatable bonds is 2. The summed E-state index contributed by atoms with van der Waals surface area (Å²) in [7, 11) is 1.85. The lowest BCUT2D eigenvalue weighted by molar-refractivity contribution is -0.127. The first-order valence-electron chi connectivity index (χ1n) is 9.01. The van der Waals surface area contributed by atoms with E-state index < -0.39 is 0 Å². The molecule has 0 bridgehead atoms. The second-order valence-electron chi connectivity index (χ2n) is 7.34. The quantitative estimate of drug-likeness (QED) is 0.825. The van der Waals surface area contributed by atoms with Crippen molar-refractivity contribution in [2.24, 2.45) is 12.5 Å². The molecule has 2 amide bonds. The van der Waals surface area contributed by atoms with E-state index in [-0.39, 0.29) is 17.2 Å². The second-order valence-corrected chi connectivity index (χ2v) is 7.34. The molecule has 4 rings (SSSR count). The van der Waals surface area contributed by atoms with Gasteiger partial charge in [0.25, 0.3) is 5.91 Å². The third-order valence-electron chi connectivity index (χ3n) is 5.68. The molecule has 4 heterocycles. The minimum Gasteiger partial charge on any atom is -0.339 e. The molecule has 2 aliphatic heterocycles. The van der Waals surface area contributed by atoms with Crippen LogP contribution in [-0.4, -0.2) is 51.1 Å². The zero-order valence-corrected chi connectivity index (χ0v) is 15.2. The van der Waals surface area contributed by atoms with Crippen LogP contribution in [0.5, 0.6) is 0 Å². The molecule has 2 fully saturated rings. The molecule has 0 atom stereocenters. The molecule has 0 aromatic carbocycles. The maximum Gasteiger partial charge on any atom is 0.255 e. The normalized spacial score (nSPS) is 19.4. The van der Waals surface area contributed by atoms with E-state index in [0.717, 1.165) is 24.3 Å². The number of anilines is 1. The van der Waals surface area contributed by atoms with E-state index in [2.05, 4.69) is 10.1 Å². The van der Waals surface area contributed by atoms with Crippen LogP contribution in [0.15, 0.2) is 30.7 Å². The first kappa shape index (κ1) is 16.8. The van der Waals surface area contributed by atoms with Crippen LogP contribution in [0.1, 0.15) is 35.3 Å². The van der Waals surface area contributed by atoms with E-state index in [1.54, 1.807) is 17.1 Å². The number of hydrogen-bond acceptors (Lipinski definition) is 4. The number of carbonyl (C=O) groups excluding carboxylic acids is 2. The minimum absolute atomic E-state index is 0.00177. The van der Waals surface area contributed by atoms with Gasteiger partial charge in [-0.3, -0.25) is 19.3 Å². The molecule has 136 valence electrons. The van der Waals surface area contributed by atoms with Crippen molar-refractivity contribution in [2.45, 2.75) is 26.2 Å². The highest BCUT2D eigenvalue weighted by Crippen LogP contribution is 2.43. The number of amides is 2. The third kappa shape index (κ3) is 2.77. The number of aryl methyl sites for hydroxylation is 2. The number of aromatic nitrogens is 3. The zero-order valence-electron chi connectivity index (χ0n) is 15.2. The van der Waals surface area contributed by atoms with Crippen molar-refractivity contribution in [1.82, 2.24) is 19.7 Å². The van der Waals surface area contributed by atoms with E-state index in [1.807, 2.05) is 42.1 Å². The Morgan fingerprint density at radius 1 is 1.12 bits per heavy atom. The smallest absolute Gasteiger partial charge is 0.255 e. The Balaban J connectivity index is 1.44. The Hall–Kier alpha value is -2.70. The molecule has 0 aliphatic carbocycles. The molecule has 1 spiro atoms. The SMILES string of the molecule is Cc1ccc(C(=O)N2CCC3(CC2)CCN(c2cnn(C)c2)C3=O)cn1. The molecule has 2 saturated heterocycles. The van der Waals surface area contributed by atoms with E-state index >= 15 is 0 Å². The monoisotopic (exact) mass is 353 g/mol. The van der Waals surface area contributed by atoms with Gasteiger partial charge in [-0.2, -0.15) is 5.10 Å². The summed E-state index contributed by atoms with van der Waals surface area (Å²) in [4.78, 5) is 33.6. The summed E-state index contributed by atoms with van der Waals surface area (Å²) in [6.07, 6.45) is 7.52. The molecule has 7 heteroatoms. The molecule has 2 aliphatic rings. The van der Waals surface area contributed by atoms with Crippen LogP contribution in [0.2, 0.25) is 0 Å². The van der Waals surface area contributed by atoms with Crippen LogP contribution in [0, 0.1) is 12.3 Å². The highest BCUT2D eigenvalue weighted by Gasteiger charge is 2.49. The minimum atomic E-state index is -0.335. The summed E-state index contributed by atoms with van der Waals surface area (Å²) in [5, 5.41) is 4.17. The van der Waals surface area contributed by atoms with Gasteiger partial charge in [0.15, 0.2) is 0 Å². The van der Waals surface area contributed by atoms with Crippen molar-refractivity contribution in [1.29, 1.82) is 0 Å². The van der Waals surface area contributed by atoms with Gasteiger partial charge in [0, 0.05) is 44.8 Å². The second kappa shape index (κ2) is 6.23. The first-order valence-corrected chi connectivity index (χ1v) is 9.01. The molecule has 7 nitrogen and oxygen atoms in total. The Kier molecular flexibility index (Phi) is 4.01. The lowest BCUT2D eigenvalue weighted by atomic mass is 9.77. The van der Waals surface area contributed by atoms with Crippen LogP contribution in [0.4, 0.5) is 5.69 Å². The summed E-state index contributed by atoms with van der Waals surface area (Å²) in [5.74, 6) is 0.177. The predicted octanol–water partition coefficient (Wildman–Crippen LogP) is 1.78. The number of hydrogen-bond donors (Lipinski definition) is 0. The molecule has 2 aromatic rings. The van der Waals surface area contributed by atoms with Gasteiger partial charge >= 0.3 is 0 Å². The summed E-state index contributed by atoms with van der Waals surface area (Å²) < 4.78 is 1.71. The Labute approximate surface area is 152 Å². The van der Waals surface area contributed by atoms with Gasteiger partial charge in [-0.15, -0.1) is 0 Å². The summed E-state index contributed by atoms with van der Waals surface area (Å²) in [5.41, 5.74) is 2.03. The maximum absolute atomic E-state index is 13.1. The van der Waals surface area contributed by atoms with E-state index in [9.17, 15) is 9.59 Å². The lowest BCUT2D eigenvalue weighted by Crippen LogP contribution is -2.46. The topological polar surface area (TPSA) is 71.3 Å². The van der Waals surface area contributed by atoms with Crippen LogP contribution in [-0.2, 0) is 11.8 Å². The largest absolute Gasteiger partial charge is 0.339 e. The average molecular weight is 353 g/mol. The molecule has 26 heavy (non-hydrogen) atoms. The van der Waals surface area contributed by atoms with Gasteiger partial charge in [0.05, 0.1) is 22.9 Å². The Bertz CT molecular complexity index is 834. The van der Waals surface area contributed by atoms with Gasteiger partial charge < -0.3 is 9.80 Å². The highest BCUT2D eigenvalue weighted by molar-refractivity contribution is 6.00. The van der Waals surface area contributed by atoms with Gasteiger partial charge in [-0.1, -0.05) is 0 Å². The van der Waals surface area contributed by atoms with E-state index in [4.69, 9.17) is 0 Å². The molecular weight excluding hydrogens is 330 g/mol. The van der Waals surface area contributed by atoms with E-state index in [0.29, 0.717) is 31.5 Å². The number of carbonyl (C=O) groups is 2. The number of likely N-dealkylation sites (tertiary alicyclic amines) is 1. The third-order valence-corrected chi connectivity index (χ3v) is 5.68. The van der Waals surface area contributed by atoms with Gasteiger partial charge in [-0.05, 0) is 38.3 Å².